The second-order valence-corrected chi connectivity index (χ2v) is 17.2. The number of rotatable bonds is 46. The molecule has 0 rings (SSSR count). The Labute approximate surface area is 366 Å². The number of unbranched alkanes of at least 4 members (excludes halogenated alkanes) is 30. The number of aliphatic hydroxyl groups is 2. The van der Waals surface area contributed by atoms with Crippen LogP contribution in [0.2, 0.25) is 0 Å². The van der Waals surface area contributed by atoms with Gasteiger partial charge in [-0.1, -0.05) is 197 Å². The van der Waals surface area contributed by atoms with Crippen LogP contribution in [0, 0.1) is 0 Å². The SMILES string of the molecule is CCCCCC/C=C\CCCCCCCC(=O)OCCCCC/C=C\C=C/CCCCCCCCCCCCC(=O)NC(CO)C(O)/C=C/CCCCCCCCCC. The third kappa shape index (κ3) is 45.2. The van der Waals surface area contributed by atoms with Crippen LogP contribution < -0.4 is 5.32 Å². The maximum Gasteiger partial charge on any atom is 0.305 e. The summed E-state index contributed by atoms with van der Waals surface area (Å²) in [4.78, 5) is 24.4. The van der Waals surface area contributed by atoms with Crippen LogP contribution in [0.4, 0.5) is 0 Å². The second-order valence-electron chi connectivity index (χ2n) is 17.2. The van der Waals surface area contributed by atoms with E-state index in [-0.39, 0.29) is 18.5 Å². The summed E-state index contributed by atoms with van der Waals surface area (Å²) in [7, 11) is 0. The Kier molecular flexibility index (Phi) is 46.7. The fourth-order valence-corrected chi connectivity index (χ4v) is 7.38. The lowest BCUT2D eigenvalue weighted by molar-refractivity contribution is -0.143. The molecule has 0 aliphatic rings. The van der Waals surface area contributed by atoms with Crippen LogP contribution >= 0.6 is 0 Å². The van der Waals surface area contributed by atoms with Crippen molar-refractivity contribution in [1.29, 1.82) is 0 Å². The Morgan fingerprint density at radius 2 is 0.847 bits per heavy atom. The van der Waals surface area contributed by atoms with Gasteiger partial charge in [0.1, 0.15) is 0 Å². The summed E-state index contributed by atoms with van der Waals surface area (Å²) in [6.45, 7) is 4.81. The van der Waals surface area contributed by atoms with Crippen LogP contribution in [0.25, 0.3) is 0 Å². The number of aliphatic hydroxyl groups excluding tert-OH is 2. The highest BCUT2D eigenvalue weighted by Gasteiger charge is 2.18. The van der Waals surface area contributed by atoms with Crippen LogP contribution in [0.1, 0.15) is 251 Å². The average molecular weight is 828 g/mol. The first-order chi connectivity index (χ1) is 29.0. The smallest absolute Gasteiger partial charge is 0.305 e. The number of hydrogen-bond donors (Lipinski definition) is 3. The maximum absolute atomic E-state index is 12.4. The van der Waals surface area contributed by atoms with E-state index in [1.165, 1.54) is 148 Å². The van der Waals surface area contributed by atoms with Crippen molar-refractivity contribution in [3.63, 3.8) is 0 Å². The van der Waals surface area contributed by atoms with E-state index in [2.05, 4.69) is 55.6 Å². The molecule has 6 heteroatoms. The second kappa shape index (κ2) is 48.5. The van der Waals surface area contributed by atoms with E-state index in [1.807, 2.05) is 6.08 Å². The quantitative estimate of drug-likeness (QED) is 0.0246. The third-order valence-corrected chi connectivity index (χ3v) is 11.3. The number of hydrogen-bond acceptors (Lipinski definition) is 5. The number of nitrogens with one attached hydrogen (secondary N) is 1. The van der Waals surface area contributed by atoms with Gasteiger partial charge in [-0.2, -0.15) is 0 Å². The van der Waals surface area contributed by atoms with E-state index in [0.29, 0.717) is 19.4 Å². The van der Waals surface area contributed by atoms with Gasteiger partial charge in [0, 0.05) is 12.8 Å². The first-order valence-electron chi connectivity index (χ1n) is 25.4. The predicted molar refractivity (Wildman–Crippen MR) is 255 cm³/mol. The number of carbonyl (C=O) groups is 2. The zero-order valence-corrected chi connectivity index (χ0v) is 39.0. The first kappa shape index (κ1) is 56.8. The maximum atomic E-state index is 12.4. The standard InChI is InChI=1S/C53H97NO5/c1-3-5-7-9-11-13-15-23-27-31-35-39-43-47-53(58)59-48-44-40-36-32-28-25-22-20-18-16-17-19-21-24-26-30-34-38-42-46-52(57)54-50(49-55)51(56)45-41-37-33-29-14-12-10-8-6-4-2/h13,15,20,22,25,28,41,45,50-51,55-56H,3-12,14,16-19,21,23-24,26-27,29-40,42-44,46-49H2,1-2H3,(H,54,57)/b15-13-,22-20-,28-25-,45-41+. The van der Waals surface area contributed by atoms with Gasteiger partial charge < -0.3 is 20.3 Å². The molecule has 0 aromatic rings. The Morgan fingerprint density at radius 1 is 0.475 bits per heavy atom. The van der Waals surface area contributed by atoms with Gasteiger partial charge in [0.2, 0.25) is 5.91 Å². The highest BCUT2D eigenvalue weighted by molar-refractivity contribution is 5.76. The molecule has 0 saturated heterocycles. The molecule has 0 bridgehead atoms. The molecule has 0 aliphatic carbocycles. The van der Waals surface area contributed by atoms with Crippen molar-refractivity contribution in [2.45, 2.75) is 264 Å². The number of allylic oxidation sites excluding steroid dienone is 7. The molecule has 0 aromatic heterocycles. The predicted octanol–water partition coefficient (Wildman–Crippen LogP) is 15.1. The highest BCUT2D eigenvalue weighted by atomic mass is 16.5. The van der Waals surface area contributed by atoms with E-state index in [9.17, 15) is 19.8 Å². The normalized spacial score (nSPS) is 13.1. The fourth-order valence-electron chi connectivity index (χ4n) is 7.38. The molecular formula is C53H97NO5. The van der Waals surface area contributed by atoms with Crippen molar-refractivity contribution in [2.24, 2.45) is 0 Å². The minimum Gasteiger partial charge on any atom is -0.466 e. The summed E-state index contributed by atoms with van der Waals surface area (Å²) in [5, 5.41) is 22.9. The average Bonchev–Trinajstić information content (AvgIpc) is 3.24. The summed E-state index contributed by atoms with van der Waals surface area (Å²) in [6.07, 6.45) is 59.7. The minimum absolute atomic E-state index is 0.0246. The summed E-state index contributed by atoms with van der Waals surface area (Å²) < 4.78 is 5.43. The lowest BCUT2D eigenvalue weighted by Gasteiger charge is -2.20. The topological polar surface area (TPSA) is 95.9 Å². The zero-order chi connectivity index (χ0) is 43.0. The summed E-state index contributed by atoms with van der Waals surface area (Å²) in [6, 6.07) is -0.634. The number of esters is 1. The van der Waals surface area contributed by atoms with Crippen LogP contribution in [0.3, 0.4) is 0 Å². The van der Waals surface area contributed by atoms with Gasteiger partial charge in [-0.15, -0.1) is 0 Å². The molecular weight excluding hydrogens is 731 g/mol. The van der Waals surface area contributed by atoms with Gasteiger partial charge in [-0.05, 0) is 89.9 Å². The van der Waals surface area contributed by atoms with Crippen molar-refractivity contribution in [3.05, 3.63) is 48.6 Å². The zero-order valence-electron chi connectivity index (χ0n) is 39.0. The number of carbonyl (C=O) groups excluding carboxylic acids is 2. The molecule has 0 aromatic carbocycles. The van der Waals surface area contributed by atoms with E-state index in [4.69, 9.17) is 4.74 Å². The monoisotopic (exact) mass is 828 g/mol. The Morgan fingerprint density at radius 3 is 1.32 bits per heavy atom. The number of ether oxygens (including phenoxy) is 1. The molecule has 0 heterocycles. The molecule has 0 aliphatic heterocycles. The number of amides is 1. The lowest BCUT2D eigenvalue weighted by Crippen LogP contribution is -2.45. The Hall–Kier alpha value is -2.18. The van der Waals surface area contributed by atoms with Gasteiger partial charge in [0.25, 0.3) is 0 Å². The van der Waals surface area contributed by atoms with E-state index in [1.54, 1.807) is 6.08 Å². The third-order valence-electron chi connectivity index (χ3n) is 11.3. The molecule has 0 fully saturated rings. The van der Waals surface area contributed by atoms with Crippen molar-refractivity contribution in [2.75, 3.05) is 13.2 Å². The van der Waals surface area contributed by atoms with Crippen LogP contribution in [-0.4, -0.2) is 47.4 Å². The van der Waals surface area contributed by atoms with Gasteiger partial charge in [0.15, 0.2) is 0 Å². The van der Waals surface area contributed by atoms with Gasteiger partial charge in [-0.25, -0.2) is 0 Å². The molecule has 0 saturated carbocycles. The Balaban J connectivity index is 3.51. The molecule has 0 radical (unpaired) electrons. The van der Waals surface area contributed by atoms with Gasteiger partial charge >= 0.3 is 5.97 Å². The largest absolute Gasteiger partial charge is 0.466 e. The van der Waals surface area contributed by atoms with Crippen LogP contribution in [0.5, 0.6) is 0 Å². The molecule has 1 amide bonds. The summed E-state index contributed by atoms with van der Waals surface area (Å²) in [5.41, 5.74) is 0. The van der Waals surface area contributed by atoms with Crippen molar-refractivity contribution in [3.8, 4) is 0 Å². The molecule has 0 spiro atoms. The highest BCUT2D eigenvalue weighted by Crippen LogP contribution is 2.14. The summed E-state index contributed by atoms with van der Waals surface area (Å²) >= 11 is 0. The first-order valence-corrected chi connectivity index (χ1v) is 25.4. The molecule has 59 heavy (non-hydrogen) atoms. The van der Waals surface area contributed by atoms with Gasteiger partial charge in [-0.3, -0.25) is 9.59 Å². The molecule has 2 unspecified atom stereocenters. The van der Waals surface area contributed by atoms with E-state index >= 15 is 0 Å². The van der Waals surface area contributed by atoms with E-state index in [0.717, 1.165) is 77.0 Å². The molecule has 6 nitrogen and oxygen atoms in total. The minimum atomic E-state index is -0.850. The lowest BCUT2D eigenvalue weighted by atomic mass is 10.0. The van der Waals surface area contributed by atoms with Gasteiger partial charge in [0.05, 0.1) is 25.4 Å². The molecule has 2 atom stereocenters. The summed E-state index contributed by atoms with van der Waals surface area (Å²) in [5.74, 6) is -0.106. The van der Waals surface area contributed by atoms with Crippen molar-refractivity contribution < 1.29 is 24.5 Å². The molecule has 3 N–H and O–H groups in total. The molecule has 344 valence electrons. The van der Waals surface area contributed by atoms with Crippen molar-refractivity contribution >= 4 is 11.9 Å². The van der Waals surface area contributed by atoms with E-state index < -0.39 is 12.1 Å². The van der Waals surface area contributed by atoms with Crippen LogP contribution in [-0.2, 0) is 14.3 Å². The van der Waals surface area contributed by atoms with Crippen LogP contribution in [0.15, 0.2) is 48.6 Å². The fraction of sp³-hybridized carbons (Fsp3) is 0.811. The van der Waals surface area contributed by atoms with Crippen molar-refractivity contribution in [1.82, 2.24) is 5.32 Å². The Bertz CT molecular complexity index is 1000.